The molecule has 2 atom stereocenters. The summed E-state index contributed by atoms with van der Waals surface area (Å²) >= 11 is 1.58. The number of sulfonamides is 1. The predicted molar refractivity (Wildman–Crippen MR) is 75.3 cm³/mol. The lowest BCUT2D eigenvalue weighted by molar-refractivity contribution is 0.402. The lowest BCUT2D eigenvalue weighted by atomic mass is 10.0. The molecule has 0 bridgehead atoms. The van der Waals surface area contributed by atoms with Gasteiger partial charge < -0.3 is 5.32 Å². The van der Waals surface area contributed by atoms with Crippen molar-refractivity contribution in [3.63, 3.8) is 0 Å². The maximum Gasteiger partial charge on any atom is 0.212 e. The van der Waals surface area contributed by atoms with Crippen molar-refractivity contribution >= 4 is 21.4 Å². The fourth-order valence-electron chi connectivity index (χ4n) is 2.29. The van der Waals surface area contributed by atoms with Crippen LogP contribution < -0.4 is 10.0 Å². The second kappa shape index (κ2) is 6.14. The molecule has 2 N–H and O–H groups in total. The minimum atomic E-state index is -3.19. The Morgan fingerprint density at radius 1 is 1.61 bits per heavy atom. The highest BCUT2D eigenvalue weighted by Gasteiger charge is 2.23. The number of rotatable bonds is 5. The van der Waals surface area contributed by atoms with E-state index >= 15 is 0 Å². The maximum absolute atomic E-state index is 12.1. The van der Waals surface area contributed by atoms with E-state index in [1.807, 2.05) is 24.4 Å². The molecule has 1 aliphatic heterocycles. The number of thiophene rings is 1. The standard InChI is InChI=1S/C12H20N2O2S2/c1-10(12-5-3-7-17-12)14-18(15,16)9-11-4-2-6-13-8-11/h3,5,7,10-11,13-14H,2,4,6,8-9H2,1H3. The summed E-state index contributed by atoms with van der Waals surface area (Å²) in [5, 5.41) is 5.21. The van der Waals surface area contributed by atoms with Crippen molar-refractivity contribution in [2.45, 2.75) is 25.8 Å². The molecule has 1 fully saturated rings. The Kier molecular flexibility index (Phi) is 4.77. The van der Waals surface area contributed by atoms with Crippen LogP contribution in [-0.4, -0.2) is 27.3 Å². The van der Waals surface area contributed by atoms with Gasteiger partial charge in [0.05, 0.1) is 11.8 Å². The number of hydrogen-bond donors (Lipinski definition) is 2. The van der Waals surface area contributed by atoms with Crippen molar-refractivity contribution < 1.29 is 8.42 Å². The van der Waals surface area contributed by atoms with E-state index in [-0.39, 0.29) is 17.7 Å². The second-order valence-corrected chi connectivity index (χ2v) is 7.63. The highest BCUT2D eigenvalue weighted by atomic mass is 32.2. The van der Waals surface area contributed by atoms with Gasteiger partial charge in [-0.15, -0.1) is 11.3 Å². The van der Waals surface area contributed by atoms with Crippen molar-refractivity contribution in [1.29, 1.82) is 0 Å². The largest absolute Gasteiger partial charge is 0.316 e. The molecule has 0 spiro atoms. The summed E-state index contributed by atoms with van der Waals surface area (Å²) in [4.78, 5) is 1.06. The molecule has 0 aliphatic carbocycles. The zero-order valence-corrected chi connectivity index (χ0v) is 12.2. The fourth-order valence-corrected chi connectivity index (χ4v) is 4.77. The van der Waals surface area contributed by atoms with Crippen LogP contribution in [0, 0.1) is 5.92 Å². The van der Waals surface area contributed by atoms with Crippen LogP contribution in [0.3, 0.4) is 0 Å². The van der Waals surface area contributed by atoms with Gasteiger partial charge in [0.2, 0.25) is 10.0 Å². The zero-order valence-electron chi connectivity index (χ0n) is 10.6. The summed E-state index contributed by atoms with van der Waals surface area (Å²) in [6.07, 6.45) is 2.07. The molecule has 18 heavy (non-hydrogen) atoms. The Morgan fingerprint density at radius 2 is 2.44 bits per heavy atom. The van der Waals surface area contributed by atoms with Gasteiger partial charge in [-0.05, 0) is 50.2 Å². The van der Waals surface area contributed by atoms with E-state index in [9.17, 15) is 8.42 Å². The molecule has 102 valence electrons. The first kappa shape index (κ1) is 14.0. The summed E-state index contributed by atoms with van der Waals surface area (Å²) in [5.41, 5.74) is 0. The average Bonchev–Trinajstić information content (AvgIpc) is 2.82. The lowest BCUT2D eigenvalue weighted by Gasteiger charge is -2.23. The minimum absolute atomic E-state index is 0.133. The number of piperidine rings is 1. The van der Waals surface area contributed by atoms with Crippen LogP contribution in [0.25, 0.3) is 0 Å². The van der Waals surface area contributed by atoms with Gasteiger partial charge in [0.1, 0.15) is 0 Å². The Hall–Kier alpha value is -0.430. The van der Waals surface area contributed by atoms with E-state index in [0.29, 0.717) is 0 Å². The zero-order chi connectivity index (χ0) is 13.0. The van der Waals surface area contributed by atoms with Crippen LogP contribution in [0.4, 0.5) is 0 Å². The first-order valence-electron chi connectivity index (χ1n) is 6.31. The third kappa shape index (κ3) is 4.05. The van der Waals surface area contributed by atoms with Crippen molar-refractivity contribution in [3.8, 4) is 0 Å². The third-order valence-electron chi connectivity index (χ3n) is 3.18. The van der Waals surface area contributed by atoms with Gasteiger partial charge in [0.25, 0.3) is 0 Å². The molecule has 0 saturated carbocycles. The second-order valence-electron chi connectivity index (χ2n) is 4.85. The molecule has 4 nitrogen and oxygen atoms in total. The van der Waals surface area contributed by atoms with Crippen LogP contribution >= 0.6 is 11.3 Å². The third-order valence-corrected chi connectivity index (χ3v) is 5.86. The van der Waals surface area contributed by atoms with E-state index in [4.69, 9.17) is 0 Å². The minimum Gasteiger partial charge on any atom is -0.316 e. The summed E-state index contributed by atoms with van der Waals surface area (Å²) in [6.45, 7) is 3.71. The van der Waals surface area contributed by atoms with Gasteiger partial charge in [0.15, 0.2) is 0 Å². The average molecular weight is 288 g/mol. The number of hydrogen-bond acceptors (Lipinski definition) is 4. The summed E-state index contributed by atoms with van der Waals surface area (Å²) < 4.78 is 26.9. The predicted octanol–water partition coefficient (Wildman–Crippen LogP) is 1.73. The molecular formula is C12H20N2O2S2. The van der Waals surface area contributed by atoms with E-state index in [0.717, 1.165) is 30.8 Å². The molecule has 0 radical (unpaired) electrons. The van der Waals surface area contributed by atoms with E-state index in [1.165, 1.54) is 0 Å². The molecular weight excluding hydrogens is 268 g/mol. The van der Waals surface area contributed by atoms with Crippen LogP contribution in [0.2, 0.25) is 0 Å². The first-order valence-corrected chi connectivity index (χ1v) is 8.84. The van der Waals surface area contributed by atoms with Crippen LogP contribution in [0.5, 0.6) is 0 Å². The van der Waals surface area contributed by atoms with Crippen molar-refractivity contribution in [1.82, 2.24) is 10.0 Å². The normalized spacial score (nSPS) is 22.8. The Morgan fingerprint density at radius 3 is 3.06 bits per heavy atom. The smallest absolute Gasteiger partial charge is 0.212 e. The molecule has 0 aromatic carbocycles. The SMILES string of the molecule is CC(NS(=O)(=O)CC1CCCNC1)c1cccs1. The fraction of sp³-hybridized carbons (Fsp3) is 0.667. The number of nitrogens with one attached hydrogen (secondary N) is 2. The molecule has 6 heteroatoms. The molecule has 1 aliphatic rings. The molecule has 1 aromatic rings. The summed E-state index contributed by atoms with van der Waals surface area (Å²) in [7, 11) is -3.19. The van der Waals surface area contributed by atoms with Gasteiger partial charge in [-0.2, -0.15) is 0 Å². The Bertz CT molecular complexity index is 450. The van der Waals surface area contributed by atoms with Gasteiger partial charge >= 0.3 is 0 Å². The summed E-state index contributed by atoms with van der Waals surface area (Å²) in [5.74, 6) is 0.474. The van der Waals surface area contributed by atoms with Crippen molar-refractivity contribution in [2.24, 2.45) is 5.92 Å². The van der Waals surface area contributed by atoms with Gasteiger partial charge in [-0.25, -0.2) is 13.1 Å². The van der Waals surface area contributed by atoms with Crippen LogP contribution in [0.1, 0.15) is 30.7 Å². The monoisotopic (exact) mass is 288 g/mol. The highest BCUT2D eigenvalue weighted by molar-refractivity contribution is 7.89. The van der Waals surface area contributed by atoms with E-state index in [2.05, 4.69) is 10.0 Å². The van der Waals surface area contributed by atoms with Crippen molar-refractivity contribution in [2.75, 3.05) is 18.8 Å². The van der Waals surface area contributed by atoms with Gasteiger partial charge in [-0.1, -0.05) is 6.07 Å². The Labute approximate surface area is 113 Å². The maximum atomic E-state index is 12.1. The molecule has 2 rings (SSSR count). The quantitative estimate of drug-likeness (QED) is 0.867. The Balaban J connectivity index is 1.90. The van der Waals surface area contributed by atoms with Crippen LogP contribution in [0.15, 0.2) is 17.5 Å². The molecule has 1 aromatic heterocycles. The van der Waals surface area contributed by atoms with Crippen molar-refractivity contribution in [3.05, 3.63) is 22.4 Å². The van der Waals surface area contributed by atoms with E-state index in [1.54, 1.807) is 11.3 Å². The highest BCUT2D eigenvalue weighted by Crippen LogP contribution is 2.20. The molecule has 2 heterocycles. The lowest BCUT2D eigenvalue weighted by Crippen LogP contribution is -2.38. The van der Waals surface area contributed by atoms with Crippen LogP contribution in [-0.2, 0) is 10.0 Å². The summed E-state index contributed by atoms with van der Waals surface area (Å²) in [6, 6.07) is 3.77. The van der Waals surface area contributed by atoms with Gasteiger partial charge in [-0.3, -0.25) is 0 Å². The topological polar surface area (TPSA) is 58.2 Å². The molecule has 2 unspecified atom stereocenters. The molecule has 1 saturated heterocycles. The van der Waals surface area contributed by atoms with Gasteiger partial charge in [0, 0.05) is 4.88 Å². The molecule has 0 amide bonds. The first-order chi connectivity index (χ1) is 8.57. The van der Waals surface area contributed by atoms with E-state index < -0.39 is 10.0 Å².